The largest absolute Gasteiger partial charge is 0.321 e. The molecule has 9 heteroatoms. The summed E-state index contributed by atoms with van der Waals surface area (Å²) in [6.45, 7) is 0. The summed E-state index contributed by atoms with van der Waals surface area (Å²) in [5.74, 6) is -1.85. The Balaban J connectivity index is 1.89. The summed E-state index contributed by atoms with van der Waals surface area (Å²) < 4.78 is 36.8. The molecule has 2 amide bonds. The quantitative estimate of drug-likeness (QED) is 0.512. The van der Waals surface area contributed by atoms with Crippen LogP contribution in [0.5, 0.6) is 0 Å². The van der Waals surface area contributed by atoms with Crippen molar-refractivity contribution in [3.8, 4) is 0 Å². The second-order valence-electron chi connectivity index (χ2n) is 6.42. The SMILES string of the molecule is NS(=O)(=O)c1ccc(NC(=O)C(=Cc2ccccc2F)NC(=O)c2ccccc2)cc1. The van der Waals surface area contributed by atoms with Crippen molar-refractivity contribution in [2.75, 3.05) is 5.32 Å². The molecular weight excluding hydrogens is 421 g/mol. The minimum atomic E-state index is -3.88. The van der Waals surface area contributed by atoms with Crippen molar-refractivity contribution in [3.63, 3.8) is 0 Å². The molecule has 0 radical (unpaired) electrons. The van der Waals surface area contributed by atoms with Gasteiger partial charge in [-0.25, -0.2) is 17.9 Å². The van der Waals surface area contributed by atoms with Gasteiger partial charge in [0.1, 0.15) is 11.5 Å². The summed E-state index contributed by atoms with van der Waals surface area (Å²) >= 11 is 0. The Labute approximate surface area is 178 Å². The van der Waals surface area contributed by atoms with E-state index in [-0.39, 0.29) is 21.8 Å². The normalized spacial score (nSPS) is 11.6. The average molecular weight is 439 g/mol. The van der Waals surface area contributed by atoms with Crippen LogP contribution in [0.1, 0.15) is 15.9 Å². The van der Waals surface area contributed by atoms with E-state index in [9.17, 15) is 22.4 Å². The Morgan fingerprint density at radius 3 is 2.10 bits per heavy atom. The third kappa shape index (κ3) is 5.84. The molecule has 3 aromatic carbocycles. The minimum absolute atomic E-state index is 0.102. The van der Waals surface area contributed by atoms with Gasteiger partial charge in [0.15, 0.2) is 0 Å². The summed E-state index contributed by atoms with van der Waals surface area (Å²) in [4.78, 5) is 25.2. The second-order valence-corrected chi connectivity index (χ2v) is 7.98. The zero-order valence-electron chi connectivity index (χ0n) is 16.1. The summed E-state index contributed by atoms with van der Waals surface area (Å²) in [5.41, 5.74) is 0.470. The molecule has 7 nitrogen and oxygen atoms in total. The maximum absolute atomic E-state index is 14.1. The third-order valence-corrected chi connectivity index (χ3v) is 5.10. The van der Waals surface area contributed by atoms with Gasteiger partial charge in [0.25, 0.3) is 11.8 Å². The molecule has 3 rings (SSSR count). The van der Waals surface area contributed by atoms with Crippen LogP contribution in [0.3, 0.4) is 0 Å². The minimum Gasteiger partial charge on any atom is -0.321 e. The highest BCUT2D eigenvalue weighted by atomic mass is 32.2. The molecule has 31 heavy (non-hydrogen) atoms. The average Bonchev–Trinajstić information content (AvgIpc) is 2.75. The number of rotatable bonds is 6. The highest BCUT2D eigenvalue weighted by Crippen LogP contribution is 2.16. The highest BCUT2D eigenvalue weighted by Gasteiger charge is 2.16. The number of primary sulfonamides is 1. The van der Waals surface area contributed by atoms with E-state index < -0.39 is 27.7 Å². The summed E-state index contributed by atoms with van der Waals surface area (Å²) in [6.07, 6.45) is 1.21. The van der Waals surface area contributed by atoms with Crippen LogP contribution in [0.4, 0.5) is 10.1 Å². The highest BCUT2D eigenvalue weighted by molar-refractivity contribution is 7.89. The van der Waals surface area contributed by atoms with Crippen LogP contribution in [0.25, 0.3) is 6.08 Å². The topological polar surface area (TPSA) is 118 Å². The number of hydrogen-bond acceptors (Lipinski definition) is 4. The Kier molecular flexibility index (Phi) is 6.58. The van der Waals surface area contributed by atoms with E-state index in [4.69, 9.17) is 5.14 Å². The van der Waals surface area contributed by atoms with Gasteiger partial charge in [-0.1, -0.05) is 36.4 Å². The molecule has 0 aliphatic carbocycles. The number of nitrogens with one attached hydrogen (secondary N) is 2. The van der Waals surface area contributed by atoms with E-state index in [1.165, 1.54) is 48.5 Å². The molecule has 0 bridgehead atoms. The van der Waals surface area contributed by atoms with E-state index >= 15 is 0 Å². The summed E-state index contributed by atoms with van der Waals surface area (Å²) in [6, 6.07) is 19.1. The van der Waals surface area contributed by atoms with Gasteiger partial charge in [-0.05, 0) is 48.5 Å². The first-order chi connectivity index (χ1) is 14.7. The molecule has 0 aliphatic rings. The number of hydrogen-bond donors (Lipinski definition) is 3. The fourth-order valence-electron chi connectivity index (χ4n) is 2.62. The molecule has 0 heterocycles. The molecule has 3 aromatic rings. The van der Waals surface area contributed by atoms with Crippen LogP contribution in [0.15, 0.2) is 89.5 Å². The van der Waals surface area contributed by atoms with Gasteiger partial charge in [0.05, 0.1) is 4.90 Å². The van der Waals surface area contributed by atoms with Gasteiger partial charge in [-0.3, -0.25) is 9.59 Å². The standard InChI is InChI=1S/C22H18FN3O4S/c23-19-9-5-4-8-16(19)14-20(26-21(27)15-6-2-1-3-7-15)22(28)25-17-10-12-18(13-11-17)31(24,29)30/h1-14H,(H,25,28)(H,26,27)(H2,24,29,30). The van der Waals surface area contributed by atoms with Gasteiger partial charge in [0.2, 0.25) is 10.0 Å². The smallest absolute Gasteiger partial charge is 0.272 e. The van der Waals surface area contributed by atoms with Crippen LogP contribution in [-0.4, -0.2) is 20.2 Å². The molecular formula is C22H18FN3O4S. The summed E-state index contributed by atoms with van der Waals surface area (Å²) in [5, 5.41) is 10.1. The molecule has 0 aromatic heterocycles. The number of halogens is 1. The first-order valence-electron chi connectivity index (χ1n) is 9.01. The predicted octanol–water partition coefficient (Wildman–Crippen LogP) is 2.88. The molecule has 0 saturated heterocycles. The van der Waals surface area contributed by atoms with Crippen molar-refractivity contribution in [2.45, 2.75) is 4.90 Å². The molecule has 0 saturated carbocycles. The lowest BCUT2D eigenvalue weighted by Crippen LogP contribution is -2.30. The maximum atomic E-state index is 14.1. The Bertz CT molecular complexity index is 1240. The van der Waals surface area contributed by atoms with Crippen molar-refractivity contribution < 1.29 is 22.4 Å². The van der Waals surface area contributed by atoms with E-state index in [0.29, 0.717) is 5.56 Å². The number of carbonyl (C=O) groups is 2. The lowest BCUT2D eigenvalue weighted by atomic mass is 10.1. The van der Waals surface area contributed by atoms with Crippen molar-refractivity contribution in [2.24, 2.45) is 5.14 Å². The lowest BCUT2D eigenvalue weighted by Gasteiger charge is -2.12. The number of carbonyl (C=O) groups excluding carboxylic acids is 2. The summed E-state index contributed by atoms with van der Waals surface area (Å²) in [7, 11) is -3.88. The van der Waals surface area contributed by atoms with Crippen molar-refractivity contribution in [3.05, 3.63) is 102 Å². The predicted molar refractivity (Wildman–Crippen MR) is 115 cm³/mol. The van der Waals surface area contributed by atoms with E-state index in [1.54, 1.807) is 36.4 Å². The number of nitrogens with two attached hydrogens (primary N) is 1. The van der Waals surface area contributed by atoms with Crippen LogP contribution in [-0.2, 0) is 14.8 Å². The molecule has 0 unspecified atom stereocenters. The van der Waals surface area contributed by atoms with Crippen LogP contribution >= 0.6 is 0 Å². The zero-order chi connectivity index (χ0) is 22.4. The van der Waals surface area contributed by atoms with Gasteiger partial charge < -0.3 is 10.6 Å². The second kappa shape index (κ2) is 9.33. The number of amides is 2. The molecule has 0 spiro atoms. The monoisotopic (exact) mass is 439 g/mol. The van der Waals surface area contributed by atoms with Crippen LogP contribution < -0.4 is 15.8 Å². The number of sulfonamides is 1. The molecule has 0 atom stereocenters. The zero-order valence-corrected chi connectivity index (χ0v) is 16.9. The van der Waals surface area contributed by atoms with Crippen molar-refractivity contribution >= 4 is 33.6 Å². The van der Waals surface area contributed by atoms with Crippen LogP contribution in [0, 0.1) is 5.82 Å². The maximum Gasteiger partial charge on any atom is 0.272 e. The molecule has 158 valence electrons. The van der Waals surface area contributed by atoms with Gasteiger partial charge >= 0.3 is 0 Å². The van der Waals surface area contributed by atoms with Crippen LogP contribution in [0.2, 0.25) is 0 Å². The lowest BCUT2D eigenvalue weighted by molar-refractivity contribution is -0.113. The van der Waals surface area contributed by atoms with E-state index in [2.05, 4.69) is 10.6 Å². The first kappa shape index (κ1) is 21.9. The fraction of sp³-hybridized carbons (Fsp3) is 0. The third-order valence-electron chi connectivity index (χ3n) is 4.17. The van der Waals surface area contributed by atoms with Crippen molar-refractivity contribution in [1.29, 1.82) is 0 Å². The number of anilines is 1. The van der Waals surface area contributed by atoms with Gasteiger partial charge in [-0.15, -0.1) is 0 Å². The van der Waals surface area contributed by atoms with Gasteiger partial charge in [-0.2, -0.15) is 0 Å². The van der Waals surface area contributed by atoms with E-state index in [1.807, 2.05) is 0 Å². The van der Waals surface area contributed by atoms with Gasteiger partial charge in [0, 0.05) is 16.8 Å². The number of benzene rings is 3. The Hall–Kier alpha value is -3.82. The Morgan fingerprint density at radius 1 is 0.871 bits per heavy atom. The molecule has 4 N–H and O–H groups in total. The molecule has 0 aliphatic heterocycles. The Morgan fingerprint density at radius 2 is 1.48 bits per heavy atom. The first-order valence-corrected chi connectivity index (χ1v) is 10.6. The van der Waals surface area contributed by atoms with E-state index in [0.717, 1.165) is 0 Å². The van der Waals surface area contributed by atoms with Crippen molar-refractivity contribution in [1.82, 2.24) is 5.32 Å². The molecule has 0 fully saturated rings. The fourth-order valence-corrected chi connectivity index (χ4v) is 3.13.